The van der Waals surface area contributed by atoms with Gasteiger partial charge in [-0.15, -0.1) is 0 Å². The van der Waals surface area contributed by atoms with Crippen LogP contribution in [-0.4, -0.2) is 50.4 Å². The fraction of sp³-hybridized carbons (Fsp3) is 0.273. The average Bonchev–Trinajstić information content (AvgIpc) is 2.79. The van der Waals surface area contributed by atoms with Crippen LogP contribution >= 0.6 is 0 Å². The Kier molecular flexibility index (Phi) is 5.65. The number of methoxy groups -OCH3 is 2. The Labute approximate surface area is 170 Å². The first-order valence-corrected chi connectivity index (χ1v) is 9.62. The Bertz CT molecular complexity index is 940. The maximum absolute atomic E-state index is 5.28. The summed E-state index contributed by atoms with van der Waals surface area (Å²) in [6.45, 7) is 3.69. The number of hydrogen-bond donors (Lipinski definition) is 1. The normalized spacial score (nSPS) is 13.9. The molecule has 1 aromatic heterocycles. The van der Waals surface area contributed by atoms with E-state index in [2.05, 4.69) is 37.2 Å². The first-order chi connectivity index (χ1) is 14.2. The molecule has 0 unspecified atom stereocenters. The third-order valence-corrected chi connectivity index (χ3v) is 5.04. The summed E-state index contributed by atoms with van der Waals surface area (Å²) in [7, 11) is 3.35. The van der Waals surface area contributed by atoms with Crippen LogP contribution in [0.4, 0.5) is 23.0 Å². The predicted octanol–water partition coefficient (Wildman–Crippen LogP) is 3.56. The lowest BCUT2D eigenvalue weighted by Crippen LogP contribution is -2.46. The lowest BCUT2D eigenvalue weighted by atomic mass is 10.2. The van der Waals surface area contributed by atoms with Gasteiger partial charge in [0.15, 0.2) is 0 Å². The maximum atomic E-state index is 5.28. The molecule has 1 saturated heterocycles. The molecule has 7 nitrogen and oxygen atoms in total. The van der Waals surface area contributed by atoms with Gasteiger partial charge in [-0.1, -0.05) is 6.07 Å². The molecule has 2 heterocycles. The van der Waals surface area contributed by atoms with Gasteiger partial charge in [0.25, 0.3) is 0 Å². The summed E-state index contributed by atoms with van der Waals surface area (Å²) < 4.78 is 10.5. The minimum atomic E-state index is 0.765. The number of rotatable bonds is 6. The Balaban J connectivity index is 1.40. The van der Waals surface area contributed by atoms with Crippen molar-refractivity contribution in [3.63, 3.8) is 0 Å². The molecule has 1 aliphatic heterocycles. The van der Waals surface area contributed by atoms with Gasteiger partial charge in [-0.3, -0.25) is 0 Å². The second kappa shape index (κ2) is 8.68. The van der Waals surface area contributed by atoms with Crippen molar-refractivity contribution in [2.24, 2.45) is 0 Å². The highest BCUT2D eigenvalue weighted by Crippen LogP contribution is 2.24. The van der Waals surface area contributed by atoms with Crippen LogP contribution in [0, 0.1) is 0 Å². The second-order valence-corrected chi connectivity index (χ2v) is 6.79. The van der Waals surface area contributed by atoms with E-state index < -0.39 is 0 Å². The molecule has 1 fully saturated rings. The molecule has 29 heavy (non-hydrogen) atoms. The first kappa shape index (κ1) is 18.9. The molecule has 3 aromatic rings. The highest BCUT2D eigenvalue weighted by Gasteiger charge is 2.19. The number of anilines is 4. The molecule has 1 N–H and O–H groups in total. The molecule has 0 spiro atoms. The highest BCUT2D eigenvalue weighted by atomic mass is 16.5. The van der Waals surface area contributed by atoms with Crippen LogP contribution in [0.25, 0.3) is 0 Å². The van der Waals surface area contributed by atoms with Crippen molar-refractivity contribution in [2.75, 3.05) is 55.5 Å². The minimum absolute atomic E-state index is 0.765. The Hall–Kier alpha value is -3.48. The van der Waals surface area contributed by atoms with E-state index in [1.807, 2.05) is 42.5 Å². The van der Waals surface area contributed by atoms with Crippen LogP contribution in [0.5, 0.6) is 11.5 Å². The van der Waals surface area contributed by atoms with E-state index in [0.717, 1.165) is 55.0 Å². The molecule has 2 aromatic carbocycles. The molecule has 0 bridgehead atoms. The molecular formula is C22H25N5O2. The van der Waals surface area contributed by atoms with Crippen LogP contribution in [0.1, 0.15) is 0 Å². The molecule has 0 radical (unpaired) electrons. The molecule has 0 saturated carbocycles. The Morgan fingerprint density at radius 1 is 0.793 bits per heavy atom. The fourth-order valence-corrected chi connectivity index (χ4v) is 3.42. The zero-order valence-corrected chi connectivity index (χ0v) is 16.7. The third kappa shape index (κ3) is 4.51. The van der Waals surface area contributed by atoms with Gasteiger partial charge in [0, 0.05) is 49.7 Å². The second-order valence-electron chi connectivity index (χ2n) is 6.79. The zero-order valence-electron chi connectivity index (χ0n) is 16.7. The topological polar surface area (TPSA) is 62.8 Å². The molecule has 0 aliphatic carbocycles. The van der Waals surface area contributed by atoms with Crippen molar-refractivity contribution in [3.8, 4) is 11.5 Å². The summed E-state index contributed by atoms with van der Waals surface area (Å²) in [6, 6.07) is 18.0. The molecule has 4 rings (SSSR count). The molecule has 0 amide bonds. The van der Waals surface area contributed by atoms with Crippen molar-refractivity contribution in [2.45, 2.75) is 0 Å². The van der Waals surface area contributed by atoms with Crippen molar-refractivity contribution in [3.05, 3.63) is 60.9 Å². The van der Waals surface area contributed by atoms with Crippen molar-refractivity contribution < 1.29 is 9.47 Å². The summed E-state index contributed by atoms with van der Waals surface area (Å²) in [4.78, 5) is 13.5. The van der Waals surface area contributed by atoms with Gasteiger partial charge in [-0.25, -0.2) is 9.97 Å². The van der Waals surface area contributed by atoms with Crippen LogP contribution in [0.15, 0.2) is 60.9 Å². The Morgan fingerprint density at radius 3 is 2.24 bits per heavy atom. The van der Waals surface area contributed by atoms with Gasteiger partial charge in [0.05, 0.1) is 14.2 Å². The van der Waals surface area contributed by atoms with Crippen LogP contribution in [0.3, 0.4) is 0 Å². The molecular weight excluding hydrogens is 366 g/mol. The number of nitrogens with zero attached hydrogens (tertiary/aromatic N) is 4. The standard InChI is InChI=1S/C22H25N5O2/c1-28-19-8-6-18(7-9-19)26-10-12-27(13-11-26)22-15-21(23-16-24-22)25-17-4-3-5-20(14-17)29-2/h3-9,14-16H,10-13H2,1-2H3,(H,23,24,25). The van der Waals surface area contributed by atoms with E-state index in [1.165, 1.54) is 5.69 Å². The van der Waals surface area contributed by atoms with E-state index in [1.54, 1.807) is 20.5 Å². The van der Waals surface area contributed by atoms with Crippen LogP contribution < -0.4 is 24.6 Å². The zero-order chi connectivity index (χ0) is 20.1. The van der Waals surface area contributed by atoms with Crippen LogP contribution in [-0.2, 0) is 0 Å². The number of piperazine rings is 1. The summed E-state index contributed by atoms with van der Waals surface area (Å²) in [6.07, 6.45) is 1.60. The smallest absolute Gasteiger partial charge is 0.135 e. The van der Waals surface area contributed by atoms with Gasteiger partial charge >= 0.3 is 0 Å². The maximum Gasteiger partial charge on any atom is 0.135 e. The number of nitrogens with one attached hydrogen (secondary N) is 1. The number of ether oxygens (including phenoxy) is 2. The van der Waals surface area contributed by atoms with E-state index >= 15 is 0 Å². The SMILES string of the molecule is COc1ccc(N2CCN(c3cc(Nc4cccc(OC)c4)ncn3)CC2)cc1. The first-order valence-electron chi connectivity index (χ1n) is 9.62. The van der Waals surface area contributed by atoms with Gasteiger partial charge in [-0.2, -0.15) is 0 Å². The molecule has 150 valence electrons. The quantitative estimate of drug-likeness (QED) is 0.689. The lowest BCUT2D eigenvalue weighted by molar-refractivity contribution is 0.414. The summed E-state index contributed by atoms with van der Waals surface area (Å²) >= 11 is 0. The molecule has 1 aliphatic rings. The van der Waals surface area contributed by atoms with Gasteiger partial charge in [0.2, 0.25) is 0 Å². The van der Waals surface area contributed by atoms with E-state index in [-0.39, 0.29) is 0 Å². The molecule has 0 atom stereocenters. The summed E-state index contributed by atoms with van der Waals surface area (Å²) in [5.74, 6) is 3.38. The van der Waals surface area contributed by atoms with Gasteiger partial charge in [0.1, 0.15) is 29.5 Å². The van der Waals surface area contributed by atoms with Gasteiger partial charge < -0.3 is 24.6 Å². The predicted molar refractivity (Wildman–Crippen MR) is 116 cm³/mol. The lowest BCUT2D eigenvalue weighted by Gasteiger charge is -2.36. The van der Waals surface area contributed by atoms with E-state index in [4.69, 9.17) is 9.47 Å². The summed E-state index contributed by atoms with van der Waals surface area (Å²) in [5.41, 5.74) is 2.15. The highest BCUT2D eigenvalue weighted by molar-refractivity contribution is 5.61. The summed E-state index contributed by atoms with van der Waals surface area (Å²) in [5, 5.41) is 3.32. The molecule has 7 heteroatoms. The average molecular weight is 391 g/mol. The van der Waals surface area contributed by atoms with Crippen molar-refractivity contribution >= 4 is 23.0 Å². The van der Waals surface area contributed by atoms with E-state index in [9.17, 15) is 0 Å². The van der Waals surface area contributed by atoms with Crippen molar-refractivity contribution in [1.29, 1.82) is 0 Å². The van der Waals surface area contributed by atoms with Crippen LogP contribution in [0.2, 0.25) is 0 Å². The Morgan fingerprint density at radius 2 is 1.52 bits per heavy atom. The third-order valence-electron chi connectivity index (χ3n) is 5.04. The number of aromatic nitrogens is 2. The number of benzene rings is 2. The van der Waals surface area contributed by atoms with Crippen molar-refractivity contribution in [1.82, 2.24) is 9.97 Å². The van der Waals surface area contributed by atoms with E-state index in [0.29, 0.717) is 0 Å². The largest absolute Gasteiger partial charge is 0.497 e. The fourth-order valence-electron chi connectivity index (χ4n) is 3.42. The minimum Gasteiger partial charge on any atom is -0.497 e. The van der Waals surface area contributed by atoms with Gasteiger partial charge in [-0.05, 0) is 36.4 Å². The number of hydrogen-bond acceptors (Lipinski definition) is 7. The monoisotopic (exact) mass is 391 g/mol.